The van der Waals surface area contributed by atoms with Gasteiger partial charge in [-0.1, -0.05) is 32.6 Å². The Balaban J connectivity index is 1.80. The van der Waals surface area contributed by atoms with E-state index in [0.29, 0.717) is 6.54 Å². The molecule has 0 spiro atoms. The third-order valence-electron chi connectivity index (χ3n) is 5.61. The van der Waals surface area contributed by atoms with Crippen LogP contribution in [0.25, 0.3) is 0 Å². The van der Waals surface area contributed by atoms with Crippen LogP contribution in [0.5, 0.6) is 0 Å². The summed E-state index contributed by atoms with van der Waals surface area (Å²) in [6, 6.07) is -0.0158. The van der Waals surface area contributed by atoms with Gasteiger partial charge in [0, 0.05) is 12.6 Å². The summed E-state index contributed by atoms with van der Waals surface area (Å²) in [6.45, 7) is 2.61. The number of amides is 1. The highest BCUT2D eigenvalue weighted by molar-refractivity contribution is 5.79. The molecule has 0 saturated heterocycles. The van der Waals surface area contributed by atoms with Crippen molar-refractivity contribution < 1.29 is 9.90 Å². The normalized spacial score (nSPS) is 37.8. The molecule has 2 saturated carbocycles. The van der Waals surface area contributed by atoms with E-state index in [1.807, 2.05) is 0 Å². The first-order valence-corrected chi connectivity index (χ1v) is 8.80. The summed E-state index contributed by atoms with van der Waals surface area (Å²) < 4.78 is 0. The SMILES string of the molecule is CCC1CCC(O)(CNC(=O)C2CCCCCC2N)CC1. The minimum atomic E-state index is -0.698. The third-order valence-corrected chi connectivity index (χ3v) is 5.61. The van der Waals surface area contributed by atoms with E-state index in [0.717, 1.165) is 57.3 Å². The van der Waals surface area contributed by atoms with Gasteiger partial charge < -0.3 is 16.2 Å². The molecule has 2 rings (SSSR count). The fraction of sp³-hybridized carbons (Fsp3) is 0.941. The van der Waals surface area contributed by atoms with Crippen molar-refractivity contribution >= 4 is 5.91 Å². The highest BCUT2D eigenvalue weighted by Crippen LogP contribution is 2.33. The van der Waals surface area contributed by atoms with Crippen LogP contribution in [0.15, 0.2) is 0 Å². The number of aliphatic hydroxyl groups is 1. The maximum Gasteiger partial charge on any atom is 0.224 e. The van der Waals surface area contributed by atoms with Crippen LogP contribution in [-0.4, -0.2) is 29.2 Å². The number of hydrogen-bond acceptors (Lipinski definition) is 3. The molecule has 0 aliphatic heterocycles. The Morgan fingerprint density at radius 2 is 1.86 bits per heavy atom. The van der Waals surface area contributed by atoms with Gasteiger partial charge in [0.1, 0.15) is 0 Å². The van der Waals surface area contributed by atoms with Crippen molar-refractivity contribution in [2.75, 3.05) is 6.54 Å². The van der Waals surface area contributed by atoms with Gasteiger partial charge >= 0.3 is 0 Å². The summed E-state index contributed by atoms with van der Waals surface area (Å²) in [4.78, 5) is 12.4. The number of carbonyl (C=O) groups excluding carboxylic acids is 1. The molecule has 0 aromatic carbocycles. The zero-order valence-electron chi connectivity index (χ0n) is 13.4. The molecule has 2 aliphatic carbocycles. The van der Waals surface area contributed by atoms with Crippen molar-refractivity contribution in [1.29, 1.82) is 0 Å². The lowest BCUT2D eigenvalue weighted by Crippen LogP contribution is -2.49. The van der Waals surface area contributed by atoms with Crippen LogP contribution in [0.2, 0.25) is 0 Å². The monoisotopic (exact) mass is 296 g/mol. The van der Waals surface area contributed by atoms with Crippen LogP contribution in [-0.2, 0) is 4.79 Å². The molecule has 0 radical (unpaired) electrons. The summed E-state index contributed by atoms with van der Waals surface area (Å²) in [6.07, 6.45) is 10.2. The molecule has 2 aliphatic rings. The summed E-state index contributed by atoms with van der Waals surface area (Å²) >= 11 is 0. The van der Waals surface area contributed by atoms with E-state index in [1.165, 1.54) is 12.8 Å². The first-order valence-electron chi connectivity index (χ1n) is 8.80. The van der Waals surface area contributed by atoms with Gasteiger partial charge in [0.15, 0.2) is 0 Å². The molecular formula is C17H32N2O2. The van der Waals surface area contributed by atoms with Crippen molar-refractivity contribution in [2.24, 2.45) is 17.6 Å². The van der Waals surface area contributed by atoms with Gasteiger partial charge in [0.25, 0.3) is 0 Å². The summed E-state index contributed by atoms with van der Waals surface area (Å²) in [5.41, 5.74) is 5.44. The lowest BCUT2D eigenvalue weighted by molar-refractivity contribution is -0.127. The molecule has 122 valence electrons. The highest BCUT2D eigenvalue weighted by atomic mass is 16.3. The average molecular weight is 296 g/mol. The zero-order valence-corrected chi connectivity index (χ0v) is 13.4. The molecule has 0 bridgehead atoms. The van der Waals surface area contributed by atoms with Gasteiger partial charge in [-0.05, 0) is 44.4 Å². The van der Waals surface area contributed by atoms with Crippen LogP contribution in [0, 0.1) is 11.8 Å². The van der Waals surface area contributed by atoms with Crippen LogP contribution in [0.1, 0.15) is 71.1 Å². The van der Waals surface area contributed by atoms with Crippen molar-refractivity contribution in [3.63, 3.8) is 0 Å². The first-order chi connectivity index (χ1) is 10.0. The summed E-state index contributed by atoms with van der Waals surface area (Å²) in [7, 11) is 0. The van der Waals surface area contributed by atoms with E-state index < -0.39 is 5.60 Å². The quantitative estimate of drug-likeness (QED) is 0.697. The lowest BCUT2D eigenvalue weighted by Gasteiger charge is -2.36. The zero-order chi connectivity index (χ0) is 15.3. The number of rotatable bonds is 4. The van der Waals surface area contributed by atoms with E-state index in [9.17, 15) is 9.90 Å². The first kappa shape index (κ1) is 16.8. The smallest absolute Gasteiger partial charge is 0.224 e. The largest absolute Gasteiger partial charge is 0.388 e. The van der Waals surface area contributed by atoms with Crippen molar-refractivity contribution in [3.8, 4) is 0 Å². The summed E-state index contributed by atoms with van der Waals surface area (Å²) in [5.74, 6) is 0.731. The Morgan fingerprint density at radius 3 is 2.52 bits per heavy atom. The molecule has 2 unspecified atom stereocenters. The average Bonchev–Trinajstić information content (AvgIpc) is 2.70. The van der Waals surface area contributed by atoms with Crippen molar-refractivity contribution in [1.82, 2.24) is 5.32 Å². The predicted molar refractivity (Wildman–Crippen MR) is 84.8 cm³/mol. The molecule has 4 nitrogen and oxygen atoms in total. The topological polar surface area (TPSA) is 75.3 Å². The van der Waals surface area contributed by atoms with Gasteiger partial charge in [-0.25, -0.2) is 0 Å². The number of carbonyl (C=O) groups is 1. The Bertz CT molecular complexity index is 338. The second kappa shape index (κ2) is 7.59. The molecule has 0 aromatic rings. The van der Waals surface area contributed by atoms with E-state index in [1.54, 1.807) is 0 Å². The molecule has 0 aromatic heterocycles. The molecule has 0 heterocycles. The van der Waals surface area contributed by atoms with Gasteiger partial charge in [-0.2, -0.15) is 0 Å². The fourth-order valence-corrected chi connectivity index (χ4v) is 3.84. The number of nitrogens with two attached hydrogens (primary N) is 1. The highest BCUT2D eigenvalue weighted by Gasteiger charge is 2.34. The maximum absolute atomic E-state index is 12.4. The molecule has 21 heavy (non-hydrogen) atoms. The molecule has 4 heteroatoms. The second-order valence-electron chi connectivity index (χ2n) is 7.20. The number of hydrogen-bond donors (Lipinski definition) is 3. The van der Waals surface area contributed by atoms with E-state index in [4.69, 9.17) is 5.73 Å². The Labute approximate surface area is 128 Å². The predicted octanol–water partition coefficient (Wildman–Crippen LogP) is 2.34. The Kier molecular flexibility index (Phi) is 6.06. The Hall–Kier alpha value is -0.610. The minimum absolute atomic E-state index is 0.0158. The molecule has 2 fully saturated rings. The number of nitrogens with one attached hydrogen (secondary N) is 1. The maximum atomic E-state index is 12.4. The van der Waals surface area contributed by atoms with Gasteiger partial charge in [-0.3, -0.25) is 4.79 Å². The van der Waals surface area contributed by atoms with Crippen LogP contribution < -0.4 is 11.1 Å². The van der Waals surface area contributed by atoms with Gasteiger partial charge in [0.2, 0.25) is 5.91 Å². The van der Waals surface area contributed by atoms with Gasteiger partial charge in [0.05, 0.1) is 11.5 Å². The molecule has 2 atom stereocenters. The standard InChI is InChI=1S/C17H32N2O2/c1-2-13-8-10-17(21,11-9-13)12-19-16(20)14-6-4-3-5-7-15(14)18/h13-15,21H,2-12,18H2,1H3,(H,19,20). The third kappa shape index (κ3) is 4.68. The van der Waals surface area contributed by atoms with Crippen LogP contribution in [0.4, 0.5) is 0 Å². The van der Waals surface area contributed by atoms with E-state index in [-0.39, 0.29) is 17.9 Å². The van der Waals surface area contributed by atoms with Crippen molar-refractivity contribution in [2.45, 2.75) is 82.8 Å². The lowest BCUT2D eigenvalue weighted by atomic mass is 9.77. The van der Waals surface area contributed by atoms with Crippen LogP contribution >= 0.6 is 0 Å². The Morgan fingerprint density at radius 1 is 1.19 bits per heavy atom. The van der Waals surface area contributed by atoms with Crippen molar-refractivity contribution in [3.05, 3.63) is 0 Å². The minimum Gasteiger partial charge on any atom is -0.388 e. The second-order valence-corrected chi connectivity index (χ2v) is 7.20. The van der Waals surface area contributed by atoms with E-state index >= 15 is 0 Å². The van der Waals surface area contributed by atoms with Crippen LogP contribution in [0.3, 0.4) is 0 Å². The van der Waals surface area contributed by atoms with E-state index in [2.05, 4.69) is 12.2 Å². The fourth-order valence-electron chi connectivity index (χ4n) is 3.84. The van der Waals surface area contributed by atoms with Gasteiger partial charge in [-0.15, -0.1) is 0 Å². The molecular weight excluding hydrogens is 264 g/mol. The molecule has 4 N–H and O–H groups in total. The summed E-state index contributed by atoms with van der Waals surface area (Å²) in [5, 5.41) is 13.6. The molecule has 1 amide bonds.